The summed E-state index contributed by atoms with van der Waals surface area (Å²) in [6.07, 6.45) is -8.13. The van der Waals surface area contributed by atoms with E-state index in [1.807, 2.05) is 0 Å². The Labute approximate surface area is 133 Å². The lowest BCUT2D eigenvalue weighted by atomic mass is 10.4. The molecule has 0 saturated carbocycles. The first-order valence-electron chi connectivity index (χ1n) is 5.78. The molecule has 0 aliphatic carbocycles. The standard InChI is InChI=1S/C11H7F6N3OS2/c1-22-8-18-7(11(15,16)17)20(9(21)19-8)4-5-2-3-6(23-5)10(12,13)14/h2-3H,4H2,1H3. The highest BCUT2D eigenvalue weighted by atomic mass is 32.2. The molecule has 0 bridgehead atoms. The number of hydrogen-bond donors (Lipinski definition) is 0. The highest BCUT2D eigenvalue weighted by Gasteiger charge is 2.38. The van der Waals surface area contributed by atoms with Gasteiger partial charge in [0.25, 0.3) is 0 Å². The molecule has 0 unspecified atom stereocenters. The van der Waals surface area contributed by atoms with Gasteiger partial charge in [-0.25, -0.2) is 4.79 Å². The van der Waals surface area contributed by atoms with Crippen molar-refractivity contribution in [3.63, 3.8) is 0 Å². The van der Waals surface area contributed by atoms with Crippen molar-refractivity contribution in [3.8, 4) is 0 Å². The van der Waals surface area contributed by atoms with E-state index in [0.717, 1.165) is 23.9 Å². The molecule has 0 aliphatic rings. The van der Waals surface area contributed by atoms with Crippen LogP contribution in [0.25, 0.3) is 0 Å². The van der Waals surface area contributed by atoms with E-state index >= 15 is 0 Å². The molecule has 2 aromatic heterocycles. The molecule has 0 saturated heterocycles. The van der Waals surface area contributed by atoms with Crippen LogP contribution in [0.3, 0.4) is 0 Å². The molecule has 2 aromatic rings. The smallest absolute Gasteiger partial charge is 0.267 e. The van der Waals surface area contributed by atoms with Gasteiger partial charge in [-0.05, 0) is 18.4 Å². The Kier molecular flexibility index (Phi) is 4.76. The van der Waals surface area contributed by atoms with Gasteiger partial charge >= 0.3 is 18.0 Å². The third kappa shape index (κ3) is 4.05. The fraction of sp³-hybridized carbons (Fsp3) is 0.364. The minimum atomic E-state index is -4.93. The van der Waals surface area contributed by atoms with Gasteiger partial charge in [-0.2, -0.15) is 36.3 Å². The van der Waals surface area contributed by atoms with Gasteiger partial charge in [0.15, 0.2) is 5.16 Å². The highest BCUT2D eigenvalue weighted by molar-refractivity contribution is 7.98. The van der Waals surface area contributed by atoms with E-state index in [1.54, 1.807) is 0 Å². The molecule has 0 N–H and O–H groups in total. The summed E-state index contributed by atoms with van der Waals surface area (Å²) in [4.78, 5) is 17.3. The van der Waals surface area contributed by atoms with Crippen LogP contribution in [-0.2, 0) is 18.9 Å². The van der Waals surface area contributed by atoms with Crippen molar-refractivity contribution in [2.24, 2.45) is 0 Å². The maximum Gasteiger partial charge on any atom is 0.450 e. The summed E-state index contributed by atoms with van der Waals surface area (Å²) in [5.74, 6) is -1.50. The molecule has 0 amide bonds. The molecule has 0 fully saturated rings. The average molecular weight is 375 g/mol. The van der Waals surface area contributed by atoms with Crippen LogP contribution in [0.1, 0.15) is 15.6 Å². The number of nitrogens with zero attached hydrogens (tertiary/aromatic N) is 3. The van der Waals surface area contributed by atoms with Crippen molar-refractivity contribution in [2.75, 3.05) is 6.26 Å². The monoisotopic (exact) mass is 375 g/mol. The molecule has 0 aliphatic heterocycles. The minimum Gasteiger partial charge on any atom is -0.267 e. The quantitative estimate of drug-likeness (QED) is 0.609. The van der Waals surface area contributed by atoms with Gasteiger partial charge in [-0.1, -0.05) is 11.8 Å². The Hall–Kier alpha value is -1.56. The van der Waals surface area contributed by atoms with E-state index < -0.39 is 35.3 Å². The molecule has 12 heteroatoms. The number of aromatic nitrogens is 3. The summed E-state index contributed by atoms with van der Waals surface area (Å²) in [5.41, 5.74) is -1.22. The Balaban J connectivity index is 2.47. The Morgan fingerprint density at radius 1 is 1.13 bits per heavy atom. The lowest BCUT2D eigenvalue weighted by Gasteiger charge is -2.13. The van der Waals surface area contributed by atoms with Crippen molar-refractivity contribution >= 4 is 23.1 Å². The maximum atomic E-state index is 13.0. The zero-order valence-electron chi connectivity index (χ0n) is 11.2. The SMILES string of the molecule is CSc1nc(C(F)(F)F)n(Cc2ccc(C(F)(F)F)s2)c(=O)n1. The Morgan fingerprint density at radius 2 is 1.78 bits per heavy atom. The molecular formula is C11H7F6N3OS2. The molecule has 126 valence electrons. The molecule has 4 nitrogen and oxygen atoms in total. The number of hydrogen-bond acceptors (Lipinski definition) is 5. The first-order chi connectivity index (χ1) is 10.5. The van der Waals surface area contributed by atoms with E-state index in [0.29, 0.717) is 0 Å². The van der Waals surface area contributed by atoms with Gasteiger partial charge in [0.2, 0.25) is 5.82 Å². The number of thiophene rings is 1. The number of thioether (sulfide) groups is 1. The second kappa shape index (κ2) is 6.15. The second-order valence-electron chi connectivity index (χ2n) is 4.16. The van der Waals surface area contributed by atoms with Crippen LogP contribution in [-0.4, -0.2) is 20.8 Å². The van der Waals surface area contributed by atoms with Crippen LogP contribution in [0.5, 0.6) is 0 Å². The van der Waals surface area contributed by atoms with Crippen LogP contribution in [0, 0.1) is 0 Å². The molecule has 0 spiro atoms. The zero-order valence-corrected chi connectivity index (χ0v) is 12.8. The van der Waals surface area contributed by atoms with Crippen LogP contribution in [0.4, 0.5) is 26.3 Å². The predicted octanol–water partition coefficient (Wildman–Crippen LogP) is 3.51. The first-order valence-corrected chi connectivity index (χ1v) is 7.82. The fourth-order valence-electron chi connectivity index (χ4n) is 1.63. The third-order valence-electron chi connectivity index (χ3n) is 2.57. The number of rotatable bonds is 3. The number of halogens is 6. The van der Waals surface area contributed by atoms with Crippen LogP contribution < -0.4 is 5.69 Å². The Morgan fingerprint density at radius 3 is 2.26 bits per heavy atom. The van der Waals surface area contributed by atoms with Crippen LogP contribution in [0.2, 0.25) is 0 Å². The summed E-state index contributed by atoms with van der Waals surface area (Å²) in [7, 11) is 0. The summed E-state index contributed by atoms with van der Waals surface area (Å²) >= 11 is 1.01. The van der Waals surface area contributed by atoms with E-state index in [1.165, 1.54) is 6.26 Å². The van der Waals surface area contributed by atoms with Crippen molar-refractivity contribution in [1.82, 2.24) is 14.5 Å². The van der Waals surface area contributed by atoms with Crippen molar-refractivity contribution in [2.45, 2.75) is 24.1 Å². The summed E-state index contributed by atoms with van der Waals surface area (Å²) < 4.78 is 76.8. The summed E-state index contributed by atoms with van der Waals surface area (Å²) in [5, 5.41) is -0.360. The van der Waals surface area contributed by atoms with Crippen molar-refractivity contribution in [3.05, 3.63) is 38.2 Å². The summed E-state index contributed by atoms with van der Waals surface area (Å²) in [6.45, 7) is -0.691. The normalized spacial score (nSPS) is 12.7. The molecule has 0 atom stereocenters. The van der Waals surface area contributed by atoms with Gasteiger partial charge in [-0.3, -0.25) is 4.57 Å². The molecule has 2 heterocycles. The average Bonchev–Trinajstić information content (AvgIpc) is 2.88. The molecule has 0 aromatic carbocycles. The lowest BCUT2D eigenvalue weighted by molar-refractivity contribution is -0.148. The molecule has 0 radical (unpaired) electrons. The van der Waals surface area contributed by atoms with Gasteiger partial charge in [0.1, 0.15) is 4.88 Å². The van der Waals surface area contributed by atoms with E-state index in [2.05, 4.69) is 9.97 Å². The van der Waals surface area contributed by atoms with Crippen molar-refractivity contribution < 1.29 is 26.3 Å². The van der Waals surface area contributed by atoms with Gasteiger partial charge < -0.3 is 0 Å². The molecule has 23 heavy (non-hydrogen) atoms. The lowest BCUT2D eigenvalue weighted by Crippen LogP contribution is -2.32. The van der Waals surface area contributed by atoms with Gasteiger partial charge in [0.05, 0.1) is 6.54 Å². The minimum absolute atomic E-state index is 0.0644. The predicted molar refractivity (Wildman–Crippen MR) is 71.5 cm³/mol. The summed E-state index contributed by atoms with van der Waals surface area (Å²) in [6, 6.07) is 1.76. The highest BCUT2D eigenvalue weighted by Crippen LogP contribution is 2.35. The molecular weight excluding hydrogens is 368 g/mol. The maximum absolute atomic E-state index is 13.0. The largest absolute Gasteiger partial charge is 0.450 e. The second-order valence-corrected chi connectivity index (χ2v) is 6.11. The van der Waals surface area contributed by atoms with Crippen LogP contribution in [0.15, 0.2) is 22.1 Å². The van der Waals surface area contributed by atoms with E-state index in [-0.39, 0.29) is 25.9 Å². The van der Waals surface area contributed by atoms with Gasteiger partial charge in [-0.15, -0.1) is 11.3 Å². The van der Waals surface area contributed by atoms with Crippen molar-refractivity contribution in [1.29, 1.82) is 0 Å². The zero-order chi connectivity index (χ0) is 17.4. The van der Waals surface area contributed by atoms with Crippen LogP contribution >= 0.6 is 23.1 Å². The first kappa shape index (κ1) is 17.8. The van der Waals surface area contributed by atoms with E-state index in [9.17, 15) is 31.1 Å². The molecule has 2 rings (SSSR count). The Bertz CT molecular complexity index is 764. The van der Waals surface area contributed by atoms with Gasteiger partial charge in [0, 0.05) is 4.88 Å². The fourth-order valence-corrected chi connectivity index (χ4v) is 2.84. The topological polar surface area (TPSA) is 47.8 Å². The van der Waals surface area contributed by atoms with E-state index in [4.69, 9.17) is 0 Å². The number of alkyl halides is 6. The third-order valence-corrected chi connectivity index (χ3v) is 4.23.